The molecule has 1 fully saturated rings. The maximum Gasteiger partial charge on any atom is 0.271 e. The molecule has 2 heterocycles. The molecule has 3 N–H and O–H groups in total. The van der Waals surface area contributed by atoms with E-state index >= 15 is 0 Å². The summed E-state index contributed by atoms with van der Waals surface area (Å²) in [6.07, 6.45) is 3.61. The van der Waals surface area contributed by atoms with Crippen LogP contribution in [0.3, 0.4) is 0 Å². The van der Waals surface area contributed by atoms with Gasteiger partial charge in [-0.2, -0.15) is 5.10 Å². The molecule has 33 heavy (non-hydrogen) atoms. The summed E-state index contributed by atoms with van der Waals surface area (Å²) in [4.78, 5) is 28.1. The van der Waals surface area contributed by atoms with Gasteiger partial charge >= 0.3 is 0 Å². The van der Waals surface area contributed by atoms with Gasteiger partial charge in [-0.15, -0.1) is 0 Å². The van der Waals surface area contributed by atoms with Crippen molar-refractivity contribution in [1.82, 2.24) is 20.4 Å². The SMILES string of the molecule is O=C(Nc1n[nH]c(C(=O)NC(CN2CCCCC2)c2ccccc2)c1Br)c1ccccc1Cl. The van der Waals surface area contributed by atoms with Crippen LogP contribution in [0.25, 0.3) is 0 Å². The minimum atomic E-state index is -0.410. The van der Waals surface area contributed by atoms with E-state index in [1.54, 1.807) is 24.3 Å². The Balaban J connectivity index is 1.48. The van der Waals surface area contributed by atoms with E-state index in [1.165, 1.54) is 19.3 Å². The monoisotopic (exact) mass is 529 g/mol. The van der Waals surface area contributed by atoms with Crippen LogP contribution >= 0.6 is 27.5 Å². The second-order valence-corrected chi connectivity index (χ2v) is 9.19. The fourth-order valence-corrected chi connectivity index (χ4v) is 4.61. The zero-order valence-corrected chi connectivity index (χ0v) is 20.3. The summed E-state index contributed by atoms with van der Waals surface area (Å²) in [5, 5.41) is 13.0. The van der Waals surface area contributed by atoms with Gasteiger partial charge in [0.1, 0.15) is 5.69 Å². The van der Waals surface area contributed by atoms with Crippen molar-refractivity contribution in [2.24, 2.45) is 0 Å². The highest BCUT2D eigenvalue weighted by molar-refractivity contribution is 9.10. The predicted octanol–water partition coefficient (Wildman–Crippen LogP) is 5.03. The lowest BCUT2D eigenvalue weighted by atomic mass is 10.0. The molecule has 7 nitrogen and oxygen atoms in total. The first-order valence-corrected chi connectivity index (χ1v) is 12.1. The van der Waals surface area contributed by atoms with Gasteiger partial charge in [0.05, 0.1) is 21.1 Å². The number of aromatic nitrogens is 2. The fourth-order valence-electron chi connectivity index (χ4n) is 3.93. The van der Waals surface area contributed by atoms with Crippen LogP contribution in [0.5, 0.6) is 0 Å². The van der Waals surface area contributed by atoms with Gasteiger partial charge in [0.25, 0.3) is 11.8 Å². The Bertz CT molecular complexity index is 1120. The molecule has 0 spiro atoms. The number of piperidine rings is 1. The largest absolute Gasteiger partial charge is 0.343 e. The van der Waals surface area contributed by atoms with Crippen molar-refractivity contribution < 1.29 is 9.59 Å². The summed E-state index contributed by atoms with van der Waals surface area (Å²) in [5.74, 6) is -0.497. The molecule has 172 valence electrons. The number of carbonyl (C=O) groups excluding carboxylic acids is 2. The third kappa shape index (κ3) is 5.82. The minimum Gasteiger partial charge on any atom is -0.343 e. The van der Waals surface area contributed by atoms with E-state index < -0.39 is 5.91 Å². The van der Waals surface area contributed by atoms with Crippen molar-refractivity contribution in [2.75, 3.05) is 25.0 Å². The quantitative estimate of drug-likeness (QED) is 0.399. The van der Waals surface area contributed by atoms with Crippen LogP contribution in [-0.2, 0) is 0 Å². The number of H-pyrrole nitrogens is 1. The topological polar surface area (TPSA) is 90.1 Å². The number of carbonyl (C=O) groups is 2. The first-order valence-electron chi connectivity index (χ1n) is 10.9. The average molecular weight is 531 g/mol. The molecule has 1 aliphatic heterocycles. The molecule has 2 aromatic carbocycles. The Hall–Kier alpha value is -2.68. The third-order valence-electron chi connectivity index (χ3n) is 5.68. The van der Waals surface area contributed by atoms with Crippen LogP contribution in [0.15, 0.2) is 59.1 Å². The maximum atomic E-state index is 13.1. The minimum absolute atomic E-state index is 0.173. The highest BCUT2D eigenvalue weighted by Crippen LogP contribution is 2.26. The molecule has 0 bridgehead atoms. The average Bonchev–Trinajstić information content (AvgIpc) is 3.20. The molecule has 1 aromatic heterocycles. The van der Waals surface area contributed by atoms with Gasteiger partial charge < -0.3 is 15.5 Å². The van der Waals surface area contributed by atoms with Crippen LogP contribution in [0.1, 0.15) is 51.7 Å². The van der Waals surface area contributed by atoms with Gasteiger partial charge in [-0.3, -0.25) is 14.7 Å². The molecule has 4 rings (SSSR count). The summed E-state index contributed by atoms with van der Waals surface area (Å²) in [6, 6.07) is 16.5. The van der Waals surface area contributed by atoms with E-state index in [0.717, 1.165) is 25.2 Å². The molecule has 1 saturated heterocycles. The lowest BCUT2D eigenvalue weighted by Crippen LogP contribution is -2.40. The van der Waals surface area contributed by atoms with Gasteiger partial charge in [0.15, 0.2) is 5.82 Å². The van der Waals surface area contributed by atoms with Crippen molar-refractivity contribution in [3.05, 3.63) is 80.9 Å². The zero-order valence-electron chi connectivity index (χ0n) is 18.0. The first kappa shape index (κ1) is 23.5. The Labute approximate surface area is 206 Å². The first-order chi connectivity index (χ1) is 16.0. The third-order valence-corrected chi connectivity index (χ3v) is 6.78. The van der Waals surface area contributed by atoms with E-state index in [2.05, 4.69) is 41.7 Å². The number of benzene rings is 2. The van der Waals surface area contributed by atoms with Crippen molar-refractivity contribution in [3.63, 3.8) is 0 Å². The molecule has 3 aromatic rings. The lowest BCUT2D eigenvalue weighted by molar-refractivity contribution is 0.0913. The highest BCUT2D eigenvalue weighted by atomic mass is 79.9. The summed E-state index contributed by atoms with van der Waals surface area (Å²) in [6.45, 7) is 2.80. The molecule has 1 aliphatic rings. The summed E-state index contributed by atoms with van der Waals surface area (Å²) in [5.41, 5.74) is 1.61. The standard InChI is InChI=1S/C24H25BrClN5O2/c25-20-21(29-30-22(20)28-23(32)17-11-5-6-12-18(17)26)24(33)27-19(16-9-3-1-4-10-16)15-31-13-7-2-8-14-31/h1,3-6,9-12,19H,2,7-8,13-15H2,(H,27,33)(H2,28,29,30,32). The van der Waals surface area contributed by atoms with Gasteiger partial charge in [-0.25, -0.2) is 0 Å². The molecule has 0 radical (unpaired) electrons. The molecular formula is C24H25BrClN5O2. The van der Waals surface area contributed by atoms with Crippen LogP contribution in [0.2, 0.25) is 5.02 Å². The normalized spacial score (nSPS) is 15.1. The number of halogens is 2. The fraction of sp³-hybridized carbons (Fsp3) is 0.292. The zero-order chi connectivity index (χ0) is 23.2. The summed E-state index contributed by atoms with van der Waals surface area (Å²) < 4.78 is 0.380. The Morgan fingerprint density at radius 2 is 1.73 bits per heavy atom. The number of nitrogens with one attached hydrogen (secondary N) is 3. The molecule has 1 atom stereocenters. The van der Waals surface area contributed by atoms with Gasteiger partial charge in [-0.1, -0.05) is 60.5 Å². The van der Waals surface area contributed by atoms with Crippen LogP contribution in [0.4, 0.5) is 5.82 Å². The van der Waals surface area contributed by atoms with E-state index in [0.29, 0.717) is 15.1 Å². The van der Waals surface area contributed by atoms with Crippen molar-refractivity contribution >= 4 is 45.2 Å². The van der Waals surface area contributed by atoms with Crippen LogP contribution < -0.4 is 10.6 Å². The van der Waals surface area contributed by atoms with Crippen LogP contribution in [-0.4, -0.2) is 46.5 Å². The number of nitrogens with zero attached hydrogens (tertiary/aromatic N) is 2. The van der Waals surface area contributed by atoms with Crippen molar-refractivity contribution in [2.45, 2.75) is 25.3 Å². The number of rotatable bonds is 7. The molecule has 0 aliphatic carbocycles. The Kier molecular flexibility index (Phi) is 7.80. The van der Waals surface area contributed by atoms with E-state index in [1.807, 2.05) is 30.3 Å². The second kappa shape index (κ2) is 11.0. The molecular weight excluding hydrogens is 506 g/mol. The smallest absolute Gasteiger partial charge is 0.271 e. The number of hydrogen-bond donors (Lipinski definition) is 3. The summed E-state index contributed by atoms with van der Waals surface area (Å²) in [7, 11) is 0. The summed E-state index contributed by atoms with van der Waals surface area (Å²) >= 11 is 9.51. The Morgan fingerprint density at radius 3 is 2.45 bits per heavy atom. The number of aromatic amines is 1. The number of amides is 2. The van der Waals surface area contributed by atoms with Gasteiger partial charge in [0, 0.05) is 6.54 Å². The number of hydrogen-bond acceptors (Lipinski definition) is 4. The van der Waals surface area contributed by atoms with E-state index in [9.17, 15) is 9.59 Å². The maximum absolute atomic E-state index is 13.1. The number of likely N-dealkylation sites (tertiary alicyclic amines) is 1. The molecule has 9 heteroatoms. The van der Waals surface area contributed by atoms with E-state index in [-0.39, 0.29) is 23.5 Å². The Morgan fingerprint density at radius 1 is 1.03 bits per heavy atom. The van der Waals surface area contributed by atoms with E-state index in [4.69, 9.17) is 11.6 Å². The van der Waals surface area contributed by atoms with Crippen molar-refractivity contribution in [3.8, 4) is 0 Å². The van der Waals surface area contributed by atoms with Crippen molar-refractivity contribution in [1.29, 1.82) is 0 Å². The molecule has 1 unspecified atom stereocenters. The number of anilines is 1. The highest BCUT2D eigenvalue weighted by Gasteiger charge is 2.24. The molecule has 0 saturated carbocycles. The van der Waals surface area contributed by atoms with Gasteiger partial charge in [-0.05, 0) is 59.6 Å². The van der Waals surface area contributed by atoms with Crippen LogP contribution in [0, 0.1) is 0 Å². The molecule has 2 amide bonds. The lowest BCUT2D eigenvalue weighted by Gasteiger charge is -2.31. The van der Waals surface area contributed by atoms with Gasteiger partial charge in [0.2, 0.25) is 0 Å². The second-order valence-electron chi connectivity index (χ2n) is 7.99. The predicted molar refractivity (Wildman–Crippen MR) is 133 cm³/mol.